The highest BCUT2D eigenvalue weighted by Crippen LogP contribution is 2.28. The number of anilines is 1. The van der Waals surface area contributed by atoms with Gasteiger partial charge in [0.1, 0.15) is 18.5 Å². The Kier molecular flexibility index (Phi) is 8.13. The molecule has 35 heavy (non-hydrogen) atoms. The van der Waals surface area contributed by atoms with Gasteiger partial charge in [-0.1, -0.05) is 60.7 Å². The zero-order chi connectivity index (χ0) is 24.6. The van der Waals surface area contributed by atoms with Crippen molar-refractivity contribution in [1.29, 1.82) is 0 Å². The van der Waals surface area contributed by atoms with E-state index in [0.29, 0.717) is 36.4 Å². The second-order valence-electron chi connectivity index (χ2n) is 8.52. The van der Waals surface area contributed by atoms with E-state index in [-0.39, 0.29) is 25.0 Å². The summed E-state index contributed by atoms with van der Waals surface area (Å²) in [6, 6.07) is 23.9. The molecule has 7 heteroatoms. The van der Waals surface area contributed by atoms with Gasteiger partial charge in [0.2, 0.25) is 11.8 Å². The highest BCUT2D eigenvalue weighted by atomic mass is 16.5. The van der Waals surface area contributed by atoms with Gasteiger partial charge in [-0.25, -0.2) is 0 Å². The van der Waals surface area contributed by atoms with E-state index in [1.54, 1.807) is 36.3 Å². The van der Waals surface area contributed by atoms with Crippen LogP contribution in [-0.2, 0) is 27.3 Å². The zero-order valence-corrected chi connectivity index (χ0v) is 19.7. The minimum absolute atomic E-state index is 0.0215. The standard InChI is InChI=1S/C28H30N2O5/c1-34-25-10-6-5-9-22(25)17-30-24(18-35-19-27(30)32)28(33)21-12-14-23(15-13-21)29-26(31)16-11-20-7-3-2-4-8-20/h2-10,12-15,24,28,33H,11,16-19H2,1H3,(H,29,31). The maximum Gasteiger partial charge on any atom is 0.249 e. The quantitative estimate of drug-likeness (QED) is 0.494. The lowest BCUT2D eigenvalue weighted by atomic mass is 9.99. The number of carbonyl (C=O) groups is 2. The lowest BCUT2D eigenvalue weighted by molar-refractivity contribution is -0.155. The molecule has 0 saturated carbocycles. The summed E-state index contributed by atoms with van der Waals surface area (Å²) >= 11 is 0. The van der Waals surface area contributed by atoms with Gasteiger partial charge in [-0.05, 0) is 35.7 Å². The number of hydrogen-bond donors (Lipinski definition) is 2. The van der Waals surface area contributed by atoms with Crippen LogP contribution in [0.1, 0.15) is 29.2 Å². The van der Waals surface area contributed by atoms with Crippen LogP contribution in [0.3, 0.4) is 0 Å². The third kappa shape index (κ3) is 6.26. The predicted molar refractivity (Wildman–Crippen MR) is 133 cm³/mol. The molecule has 182 valence electrons. The van der Waals surface area contributed by atoms with Crippen molar-refractivity contribution >= 4 is 17.5 Å². The Morgan fingerprint density at radius 1 is 1.09 bits per heavy atom. The maximum absolute atomic E-state index is 12.7. The molecule has 1 saturated heterocycles. The Morgan fingerprint density at radius 3 is 2.54 bits per heavy atom. The number of amides is 2. The molecule has 2 N–H and O–H groups in total. The van der Waals surface area contributed by atoms with Crippen LogP contribution < -0.4 is 10.1 Å². The maximum atomic E-state index is 12.7. The minimum Gasteiger partial charge on any atom is -0.496 e. The van der Waals surface area contributed by atoms with Gasteiger partial charge in [0.25, 0.3) is 0 Å². The monoisotopic (exact) mass is 474 g/mol. The molecule has 3 aromatic carbocycles. The van der Waals surface area contributed by atoms with Gasteiger partial charge < -0.3 is 24.8 Å². The van der Waals surface area contributed by atoms with Gasteiger partial charge in [0, 0.05) is 24.2 Å². The Labute approximate surface area is 205 Å². The minimum atomic E-state index is -0.947. The van der Waals surface area contributed by atoms with Gasteiger partial charge in [0.15, 0.2) is 0 Å². The number of ether oxygens (including phenoxy) is 2. The second kappa shape index (κ2) is 11.6. The van der Waals surface area contributed by atoms with Gasteiger partial charge in [-0.3, -0.25) is 9.59 Å². The van der Waals surface area contributed by atoms with Crippen molar-refractivity contribution in [2.24, 2.45) is 0 Å². The van der Waals surface area contributed by atoms with E-state index in [4.69, 9.17) is 9.47 Å². The van der Waals surface area contributed by atoms with Crippen molar-refractivity contribution in [2.75, 3.05) is 25.6 Å². The molecule has 0 spiro atoms. The molecule has 3 aromatic rings. The molecule has 0 bridgehead atoms. The van der Waals surface area contributed by atoms with Crippen LogP contribution in [0.5, 0.6) is 5.75 Å². The number of hydrogen-bond acceptors (Lipinski definition) is 5. The third-order valence-corrected chi connectivity index (χ3v) is 6.15. The number of benzene rings is 3. The summed E-state index contributed by atoms with van der Waals surface area (Å²) in [5.41, 5.74) is 3.26. The summed E-state index contributed by atoms with van der Waals surface area (Å²) in [6.45, 7) is 0.510. The highest BCUT2D eigenvalue weighted by Gasteiger charge is 2.35. The van der Waals surface area contributed by atoms with Crippen LogP contribution in [-0.4, -0.2) is 48.2 Å². The summed E-state index contributed by atoms with van der Waals surface area (Å²) in [6.07, 6.45) is 0.103. The summed E-state index contributed by atoms with van der Waals surface area (Å²) in [7, 11) is 1.59. The first-order chi connectivity index (χ1) is 17.0. The predicted octanol–water partition coefficient (Wildman–Crippen LogP) is 3.73. The average Bonchev–Trinajstić information content (AvgIpc) is 2.89. The van der Waals surface area contributed by atoms with E-state index in [0.717, 1.165) is 11.1 Å². The van der Waals surface area contributed by atoms with E-state index in [9.17, 15) is 14.7 Å². The molecule has 1 aliphatic heterocycles. The van der Waals surface area contributed by atoms with Crippen LogP contribution >= 0.6 is 0 Å². The second-order valence-corrected chi connectivity index (χ2v) is 8.52. The number of aliphatic hydroxyl groups is 1. The van der Waals surface area contributed by atoms with Gasteiger partial charge in [0.05, 0.1) is 19.8 Å². The Balaban J connectivity index is 1.40. The first-order valence-corrected chi connectivity index (χ1v) is 11.7. The van der Waals surface area contributed by atoms with Crippen molar-refractivity contribution in [3.8, 4) is 5.75 Å². The van der Waals surface area contributed by atoms with E-state index in [1.807, 2.05) is 54.6 Å². The van der Waals surface area contributed by atoms with Gasteiger partial charge >= 0.3 is 0 Å². The summed E-state index contributed by atoms with van der Waals surface area (Å²) in [5.74, 6) is 0.428. The topological polar surface area (TPSA) is 88.1 Å². The molecule has 4 rings (SSSR count). The molecule has 7 nitrogen and oxygen atoms in total. The van der Waals surface area contributed by atoms with Crippen LogP contribution in [0.25, 0.3) is 0 Å². The van der Waals surface area contributed by atoms with Crippen LogP contribution in [0.4, 0.5) is 5.69 Å². The summed E-state index contributed by atoms with van der Waals surface area (Å²) in [4.78, 5) is 26.7. The molecule has 0 aromatic heterocycles. The lowest BCUT2D eigenvalue weighted by Crippen LogP contribution is -2.51. The molecule has 2 atom stereocenters. The highest BCUT2D eigenvalue weighted by molar-refractivity contribution is 5.90. The molecule has 1 aliphatic rings. The van der Waals surface area contributed by atoms with Crippen LogP contribution in [0.2, 0.25) is 0 Å². The Bertz CT molecular complexity index is 1130. The number of methoxy groups -OCH3 is 1. The van der Waals surface area contributed by atoms with E-state index >= 15 is 0 Å². The van der Waals surface area contributed by atoms with E-state index in [1.165, 1.54) is 0 Å². The molecule has 0 radical (unpaired) electrons. The van der Waals surface area contributed by atoms with Crippen molar-refractivity contribution in [3.05, 3.63) is 95.6 Å². The smallest absolute Gasteiger partial charge is 0.249 e. The number of rotatable bonds is 9. The van der Waals surface area contributed by atoms with Crippen LogP contribution in [0.15, 0.2) is 78.9 Å². The third-order valence-electron chi connectivity index (χ3n) is 6.15. The normalized spacial score (nSPS) is 16.6. The molecular weight excluding hydrogens is 444 g/mol. The van der Waals surface area contributed by atoms with Crippen molar-refractivity contribution in [1.82, 2.24) is 4.90 Å². The zero-order valence-electron chi connectivity index (χ0n) is 19.7. The van der Waals surface area contributed by atoms with E-state index in [2.05, 4.69) is 5.32 Å². The molecule has 2 amide bonds. The molecular formula is C28H30N2O5. The van der Waals surface area contributed by atoms with Crippen molar-refractivity contribution in [3.63, 3.8) is 0 Å². The SMILES string of the molecule is COc1ccccc1CN1C(=O)COCC1C(O)c1ccc(NC(=O)CCc2ccccc2)cc1. The number of para-hydroxylation sites is 1. The number of carbonyl (C=O) groups excluding carboxylic acids is 2. The average molecular weight is 475 g/mol. The van der Waals surface area contributed by atoms with Crippen molar-refractivity contribution < 1.29 is 24.2 Å². The fourth-order valence-corrected chi connectivity index (χ4v) is 4.22. The largest absolute Gasteiger partial charge is 0.496 e. The number of aryl methyl sites for hydroxylation is 1. The van der Waals surface area contributed by atoms with Gasteiger partial charge in [-0.2, -0.15) is 0 Å². The van der Waals surface area contributed by atoms with E-state index < -0.39 is 12.1 Å². The summed E-state index contributed by atoms with van der Waals surface area (Å²) < 4.78 is 10.9. The summed E-state index contributed by atoms with van der Waals surface area (Å²) in [5, 5.41) is 14.0. The number of nitrogens with one attached hydrogen (secondary N) is 1. The number of morpholine rings is 1. The fourth-order valence-electron chi connectivity index (χ4n) is 4.22. The first kappa shape index (κ1) is 24.4. The molecule has 2 unspecified atom stereocenters. The van der Waals surface area contributed by atoms with Gasteiger partial charge in [-0.15, -0.1) is 0 Å². The number of aliphatic hydroxyl groups excluding tert-OH is 1. The molecule has 0 aliphatic carbocycles. The first-order valence-electron chi connectivity index (χ1n) is 11.7. The Morgan fingerprint density at radius 2 is 1.80 bits per heavy atom. The molecule has 1 fully saturated rings. The molecule has 1 heterocycles. The fraction of sp³-hybridized carbons (Fsp3) is 0.286. The van der Waals surface area contributed by atoms with Crippen molar-refractivity contribution in [2.45, 2.75) is 31.5 Å². The number of nitrogens with zero attached hydrogens (tertiary/aromatic N) is 1. The Hall–Kier alpha value is -3.68. The van der Waals surface area contributed by atoms with Crippen LogP contribution in [0, 0.1) is 0 Å². The lowest BCUT2D eigenvalue weighted by Gasteiger charge is -2.38.